The second-order valence-corrected chi connectivity index (χ2v) is 4.95. The van der Waals surface area contributed by atoms with Gasteiger partial charge in [0.2, 0.25) is 0 Å². The molecule has 0 radical (unpaired) electrons. The molecule has 0 aromatic heterocycles. The zero-order valence-corrected chi connectivity index (χ0v) is 12.0. The van der Waals surface area contributed by atoms with Gasteiger partial charge in [-0.1, -0.05) is 17.7 Å². The molecule has 1 aliphatic heterocycles. The molecule has 0 bridgehead atoms. The molecule has 1 heterocycles. The van der Waals surface area contributed by atoms with Crippen LogP contribution in [-0.4, -0.2) is 24.0 Å². The van der Waals surface area contributed by atoms with E-state index in [0.717, 1.165) is 16.5 Å². The molecule has 21 heavy (non-hydrogen) atoms. The number of anilines is 1. The number of rotatable bonds is 3. The molecule has 1 N–H and O–H groups in total. The van der Waals surface area contributed by atoms with Gasteiger partial charge in [-0.05, 0) is 32.9 Å². The average molecular weight is 288 g/mol. The highest BCUT2D eigenvalue weighted by Gasteiger charge is 2.35. The van der Waals surface area contributed by atoms with Crippen molar-refractivity contribution in [1.29, 1.82) is 0 Å². The fourth-order valence-corrected chi connectivity index (χ4v) is 1.85. The third-order valence-corrected chi connectivity index (χ3v) is 2.78. The number of nitrogens with one attached hydrogen (secondary N) is 1. The van der Waals surface area contributed by atoms with Gasteiger partial charge in [-0.15, -0.1) is 0 Å². The van der Waals surface area contributed by atoms with Crippen molar-refractivity contribution in [3.63, 3.8) is 0 Å². The van der Waals surface area contributed by atoms with Crippen LogP contribution in [0.15, 0.2) is 36.0 Å². The van der Waals surface area contributed by atoms with Gasteiger partial charge in [0.05, 0.1) is 17.9 Å². The van der Waals surface area contributed by atoms with E-state index in [1.54, 1.807) is 38.1 Å². The Balaban J connectivity index is 2.22. The van der Waals surface area contributed by atoms with Crippen molar-refractivity contribution in [3.8, 4) is 0 Å². The van der Waals surface area contributed by atoms with Crippen LogP contribution in [0.25, 0.3) is 0 Å². The van der Waals surface area contributed by atoms with Gasteiger partial charge in [0.1, 0.15) is 5.70 Å². The summed E-state index contributed by atoms with van der Waals surface area (Å²) in [5, 5.41) is 2.37. The Labute approximate surface area is 122 Å². The van der Waals surface area contributed by atoms with E-state index < -0.39 is 17.9 Å². The molecule has 0 unspecified atom stereocenters. The molecule has 0 spiro atoms. The molecule has 0 aliphatic carbocycles. The molecule has 2 rings (SSSR count). The summed E-state index contributed by atoms with van der Waals surface area (Å²) in [6, 6.07) is 6.34. The summed E-state index contributed by atoms with van der Waals surface area (Å²) in [5.74, 6) is -1.25. The van der Waals surface area contributed by atoms with Crippen LogP contribution >= 0.6 is 0 Å². The average Bonchev–Trinajstić information content (AvgIpc) is 2.65. The summed E-state index contributed by atoms with van der Waals surface area (Å²) in [4.78, 5) is 36.6. The molecule has 110 valence electrons. The number of benzene rings is 1. The minimum absolute atomic E-state index is 0.0915. The number of urea groups is 1. The van der Waals surface area contributed by atoms with Gasteiger partial charge in [0.25, 0.3) is 5.91 Å². The van der Waals surface area contributed by atoms with Crippen LogP contribution in [0.3, 0.4) is 0 Å². The summed E-state index contributed by atoms with van der Waals surface area (Å²) >= 11 is 0. The van der Waals surface area contributed by atoms with E-state index in [9.17, 15) is 14.4 Å². The first-order valence-electron chi connectivity index (χ1n) is 6.53. The van der Waals surface area contributed by atoms with E-state index in [4.69, 9.17) is 4.74 Å². The lowest BCUT2D eigenvalue weighted by atomic mass is 10.2. The van der Waals surface area contributed by atoms with Gasteiger partial charge in [-0.2, -0.15) is 0 Å². The molecule has 1 aliphatic rings. The Kier molecular flexibility index (Phi) is 4.07. The van der Waals surface area contributed by atoms with Crippen LogP contribution in [0.4, 0.5) is 10.5 Å². The van der Waals surface area contributed by atoms with Crippen molar-refractivity contribution in [3.05, 3.63) is 41.6 Å². The van der Waals surface area contributed by atoms with Crippen LogP contribution in [0, 0.1) is 6.92 Å². The Morgan fingerprint density at radius 2 is 1.86 bits per heavy atom. The third-order valence-electron chi connectivity index (χ3n) is 2.78. The summed E-state index contributed by atoms with van der Waals surface area (Å²) < 4.78 is 4.92. The van der Waals surface area contributed by atoms with Crippen molar-refractivity contribution in [2.24, 2.45) is 0 Å². The first-order chi connectivity index (χ1) is 9.88. The molecule has 1 saturated heterocycles. The Morgan fingerprint density at radius 3 is 2.43 bits per heavy atom. The highest BCUT2D eigenvalue weighted by Crippen LogP contribution is 2.21. The van der Waals surface area contributed by atoms with E-state index >= 15 is 0 Å². The maximum Gasteiger partial charge on any atom is 0.333 e. The highest BCUT2D eigenvalue weighted by molar-refractivity contribution is 6.27. The number of imide groups is 1. The zero-order chi connectivity index (χ0) is 15.6. The minimum atomic E-state index is -0.667. The number of amides is 3. The number of nitrogens with zero attached hydrogens (tertiary/aromatic N) is 1. The molecule has 0 atom stereocenters. The topological polar surface area (TPSA) is 75.7 Å². The normalized spacial score (nSPS) is 16.6. The van der Waals surface area contributed by atoms with E-state index in [2.05, 4.69) is 5.32 Å². The third kappa shape index (κ3) is 3.28. The zero-order valence-electron chi connectivity index (χ0n) is 12.0. The maximum atomic E-state index is 12.2. The molecule has 6 nitrogen and oxygen atoms in total. The van der Waals surface area contributed by atoms with Crippen molar-refractivity contribution in [1.82, 2.24) is 5.32 Å². The van der Waals surface area contributed by atoms with Crippen molar-refractivity contribution < 1.29 is 19.1 Å². The number of esters is 1. The standard InChI is InChI=1S/C15H16N2O4/c1-9(2)21-13(18)8-12-14(19)17(15(20)16-12)11-6-4-10(3)5-7-11/h4-9H,1-3H3,(H,16,20). The number of carbonyl (C=O) groups is 3. The predicted molar refractivity (Wildman–Crippen MR) is 76.5 cm³/mol. The molecular weight excluding hydrogens is 272 g/mol. The van der Waals surface area contributed by atoms with Crippen molar-refractivity contribution in [2.45, 2.75) is 26.9 Å². The van der Waals surface area contributed by atoms with Crippen molar-refractivity contribution >= 4 is 23.6 Å². The van der Waals surface area contributed by atoms with E-state index in [0.29, 0.717) is 5.69 Å². The number of carbonyl (C=O) groups excluding carboxylic acids is 3. The Hall–Kier alpha value is -2.63. The first-order valence-corrected chi connectivity index (χ1v) is 6.53. The largest absolute Gasteiger partial charge is 0.460 e. The molecule has 1 aromatic rings. The molecular formula is C15H16N2O4. The number of hydrogen-bond donors (Lipinski definition) is 1. The van der Waals surface area contributed by atoms with Crippen LogP contribution in [-0.2, 0) is 14.3 Å². The predicted octanol–water partition coefficient (Wildman–Crippen LogP) is 1.89. The summed E-state index contributed by atoms with van der Waals surface area (Å²) in [6.45, 7) is 5.30. The maximum absolute atomic E-state index is 12.2. The Bertz CT molecular complexity index is 617. The van der Waals surface area contributed by atoms with Gasteiger partial charge in [0.15, 0.2) is 0 Å². The minimum Gasteiger partial charge on any atom is -0.460 e. The molecule has 6 heteroatoms. The lowest BCUT2D eigenvalue weighted by Gasteiger charge is -2.11. The van der Waals surface area contributed by atoms with E-state index in [-0.39, 0.29) is 11.8 Å². The van der Waals surface area contributed by atoms with Crippen LogP contribution < -0.4 is 10.2 Å². The number of hydrogen-bond acceptors (Lipinski definition) is 4. The molecule has 0 saturated carbocycles. The van der Waals surface area contributed by atoms with Gasteiger partial charge in [-0.3, -0.25) is 4.79 Å². The van der Waals surface area contributed by atoms with Crippen LogP contribution in [0.5, 0.6) is 0 Å². The lowest BCUT2D eigenvalue weighted by Crippen LogP contribution is -2.30. The first kappa shape index (κ1) is 14.8. The fraction of sp³-hybridized carbons (Fsp3) is 0.267. The van der Waals surface area contributed by atoms with Crippen LogP contribution in [0.2, 0.25) is 0 Å². The van der Waals surface area contributed by atoms with Crippen molar-refractivity contribution in [2.75, 3.05) is 4.90 Å². The lowest BCUT2D eigenvalue weighted by molar-refractivity contribution is -0.141. The summed E-state index contributed by atoms with van der Waals surface area (Å²) in [7, 11) is 0. The van der Waals surface area contributed by atoms with Gasteiger partial charge >= 0.3 is 12.0 Å². The summed E-state index contributed by atoms with van der Waals surface area (Å²) in [6.07, 6.45) is 0.698. The summed E-state index contributed by atoms with van der Waals surface area (Å²) in [5.41, 5.74) is 1.37. The van der Waals surface area contributed by atoms with Gasteiger partial charge in [0, 0.05) is 0 Å². The second-order valence-electron chi connectivity index (χ2n) is 4.95. The molecule has 3 amide bonds. The highest BCUT2D eigenvalue weighted by atomic mass is 16.5. The second kappa shape index (κ2) is 5.78. The SMILES string of the molecule is Cc1ccc(N2C(=O)NC(=CC(=O)OC(C)C)C2=O)cc1. The van der Waals surface area contributed by atoms with Gasteiger partial charge in [-0.25, -0.2) is 14.5 Å². The monoisotopic (exact) mass is 288 g/mol. The molecule has 1 aromatic carbocycles. The molecule has 1 fully saturated rings. The van der Waals surface area contributed by atoms with E-state index in [1.165, 1.54) is 0 Å². The number of aryl methyl sites for hydroxylation is 1. The van der Waals surface area contributed by atoms with Gasteiger partial charge < -0.3 is 10.1 Å². The smallest absolute Gasteiger partial charge is 0.333 e. The number of ether oxygens (including phenoxy) is 1. The van der Waals surface area contributed by atoms with E-state index in [1.807, 2.05) is 6.92 Å². The Morgan fingerprint density at radius 1 is 1.24 bits per heavy atom. The van der Waals surface area contributed by atoms with Crippen LogP contribution in [0.1, 0.15) is 19.4 Å². The quantitative estimate of drug-likeness (QED) is 0.523. The fourth-order valence-electron chi connectivity index (χ4n) is 1.85.